The van der Waals surface area contributed by atoms with E-state index in [0.717, 1.165) is 58.4 Å². The number of H-pyrrole nitrogens is 1. The van der Waals surface area contributed by atoms with Crippen LogP contribution in [0.4, 0.5) is 5.69 Å². The minimum atomic E-state index is -0.0864. The first kappa shape index (κ1) is 22.7. The van der Waals surface area contributed by atoms with E-state index >= 15 is 0 Å². The van der Waals surface area contributed by atoms with Crippen LogP contribution in [0.5, 0.6) is 5.75 Å². The van der Waals surface area contributed by atoms with Crippen LogP contribution in [-0.4, -0.2) is 37.0 Å². The van der Waals surface area contributed by atoms with Gasteiger partial charge < -0.3 is 19.9 Å². The monoisotopic (exact) mass is 467 g/mol. The summed E-state index contributed by atoms with van der Waals surface area (Å²) < 4.78 is 5.33. The molecule has 0 unspecified atom stereocenters. The fourth-order valence-corrected chi connectivity index (χ4v) is 4.75. The molecule has 1 aliphatic heterocycles. The standard InChI is InChI=1S/C29H29N3O3/c1-3-28(33)32-15-13-22-16-21(8-11-27(22)32)19-4-6-20(7-5-19)29(34)30-14-12-23-18-31-26-10-9-24(35-2)17-25(23)26/h4-11,16-18,31H,3,12-15H2,1-2H3,(H,30,34). The predicted octanol–water partition coefficient (Wildman–Crippen LogP) is 5.12. The number of hydrogen-bond acceptors (Lipinski definition) is 3. The number of methoxy groups -OCH3 is 1. The van der Waals surface area contributed by atoms with Crippen LogP contribution in [-0.2, 0) is 17.6 Å². The number of amides is 2. The molecule has 0 saturated carbocycles. The third-order valence-electron chi connectivity index (χ3n) is 6.71. The van der Waals surface area contributed by atoms with Crippen LogP contribution in [0.25, 0.3) is 22.0 Å². The molecule has 5 rings (SSSR count). The van der Waals surface area contributed by atoms with Crippen molar-refractivity contribution >= 4 is 28.4 Å². The molecule has 0 fully saturated rings. The SMILES string of the molecule is CCC(=O)N1CCc2cc(-c3ccc(C(=O)NCCc4c[nH]c5ccc(OC)cc45)cc3)ccc21. The molecule has 3 aromatic carbocycles. The largest absolute Gasteiger partial charge is 0.497 e. The summed E-state index contributed by atoms with van der Waals surface area (Å²) in [5.41, 5.74) is 7.19. The zero-order valence-corrected chi connectivity index (χ0v) is 20.1. The number of nitrogens with one attached hydrogen (secondary N) is 2. The van der Waals surface area contributed by atoms with Crippen molar-refractivity contribution < 1.29 is 14.3 Å². The van der Waals surface area contributed by atoms with E-state index in [-0.39, 0.29) is 11.8 Å². The van der Waals surface area contributed by atoms with Gasteiger partial charge in [-0.2, -0.15) is 0 Å². The van der Waals surface area contributed by atoms with Gasteiger partial charge in [0.15, 0.2) is 0 Å². The summed E-state index contributed by atoms with van der Waals surface area (Å²) in [6, 6.07) is 19.9. The maximum atomic E-state index is 12.7. The lowest BCUT2D eigenvalue weighted by atomic mass is 10.0. The van der Waals surface area contributed by atoms with Crippen molar-refractivity contribution in [2.24, 2.45) is 0 Å². The van der Waals surface area contributed by atoms with Gasteiger partial charge in [0.05, 0.1) is 7.11 Å². The molecular formula is C29H29N3O3. The average molecular weight is 468 g/mol. The summed E-state index contributed by atoms with van der Waals surface area (Å²) in [5.74, 6) is 0.894. The number of aromatic nitrogens is 1. The number of carbonyl (C=O) groups is 2. The first-order valence-electron chi connectivity index (χ1n) is 12.0. The second-order valence-corrected chi connectivity index (χ2v) is 8.80. The van der Waals surface area contributed by atoms with Gasteiger partial charge in [0.2, 0.25) is 5.91 Å². The van der Waals surface area contributed by atoms with E-state index in [9.17, 15) is 9.59 Å². The molecule has 1 aliphatic rings. The Morgan fingerprint density at radius 1 is 1.03 bits per heavy atom. The molecule has 0 saturated heterocycles. The highest BCUT2D eigenvalue weighted by Gasteiger charge is 2.23. The van der Waals surface area contributed by atoms with Crippen molar-refractivity contribution in [3.05, 3.63) is 83.6 Å². The van der Waals surface area contributed by atoms with Crippen LogP contribution in [0.2, 0.25) is 0 Å². The van der Waals surface area contributed by atoms with E-state index in [1.54, 1.807) is 7.11 Å². The van der Waals surface area contributed by atoms with Gasteiger partial charge in [0.1, 0.15) is 5.75 Å². The Kier molecular flexibility index (Phi) is 6.27. The fraction of sp³-hybridized carbons (Fsp3) is 0.241. The quantitative estimate of drug-likeness (QED) is 0.396. The van der Waals surface area contributed by atoms with Crippen molar-refractivity contribution in [1.29, 1.82) is 0 Å². The van der Waals surface area contributed by atoms with Crippen LogP contribution in [0.3, 0.4) is 0 Å². The van der Waals surface area contributed by atoms with Gasteiger partial charge in [-0.3, -0.25) is 9.59 Å². The number of rotatable bonds is 7. The van der Waals surface area contributed by atoms with Crippen molar-refractivity contribution in [1.82, 2.24) is 10.3 Å². The highest BCUT2D eigenvalue weighted by molar-refractivity contribution is 5.96. The third kappa shape index (κ3) is 4.52. The molecule has 0 spiro atoms. The Bertz CT molecular complexity index is 1390. The Labute approximate surface area is 204 Å². The maximum Gasteiger partial charge on any atom is 0.251 e. The molecule has 4 aromatic rings. The van der Waals surface area contributed by atoms with Gasteiger partial charge >= 0.3 is 0 Å². The van der Waals surface area contributed by atoms with Crippen molar-refractivity contribution in [2.75, 3.05) is 25.1 Å². The predicted molar refractivity (Wildman–Crippen MR) is 139 cm³/mol. The van der Waals surface area contributed by atoms with Crippen LogP contribution in [0, 0.1) is 0 Å². The van der Waals surface area contributed by atoms with E-state index in [2.05, 4.69) is 16.4 Å². The van der Waals surface area contributed by atoms with Crippen LogP contribution in [0.1, 0.15) is 34.8 Å². The molecular weight excluding hydrogens is 438 g/mol. The molecule has 2 N–H and O–H groups in total. The zero-order valence-electron chi connectivity index (χ0n) is 20.1. The van der Waals surface area contributed by atoms with Crippen molar-refractivity contribution in [3.63, 3.8) is 0 Å². The molecule has 2 heterocycles. The van der Waals surface area contributed by atoms with Crippen LogP contribution in [0.15, 0.2) is 66.9 Å². The molecule has 1 aromatic heterocycles. The minimum Gasteiger partial charge on any atom is -0.497 e. The number of fused-ring (bicyclic) bond motifs is 2. The van der Waals surface area contributed by atoms with Gasteiger partial charge in [-0.25, -0.2) is 0 Å². The topological polar surface area (TPSA) is 74.4 Å². The van der Waals surface area contributed by atoms with Gasteiger partial charge in [-0.1, -0.05) is 25.1 Å². The Hall–Kier alpha value is -4.06. The minimum absolute atomic E-state index is 0.0864. The van der Waals surface area contributed by atoms with E-state index in [0.29, 0.717) is 18.5 Å². The third-order valence-corrected chi connectivity index (χ3v) is 6.71. The lowest BCUT2D eigenvalue weighted by Gasteiger charge is -2.16. The number of hydrogen-bond donors (Lipinski definition) is 2. The lowest BCUT2D eigenvalue weighted by molar-refractivity contribution is -0.118. The number of ether oxygens (including phenoxy) is 1. The molecule has 0 aliphatic carbocycles. The number of benzene rings is 3. The first-order chi connectivity index (χ1) is 17.1. The highest BCUT2D eigenvalue weighted by Crippen LogP contribution is 2.33. The summed E-state index contributed by atoms with van der Waals surface area (Å²) in [4.78, 5) is 30.0. The molecule has 35 heavy (non-hydrogen) atoms. The first-order valence-corrected chi connectivity index (χ1v) is 12.0. The van der Waals surface area contributed by atoms with Gasteiger partial charge in [-0.05, 0) is 77.6 Å². The van der Waals surface area contributed by atoms with E-state index in [1.165, 1.54) is 5.56 Å². The molecule has 0 bridgehead atoms. The molecule has 6 heteroatoms. The highest BCUT2D eigenvalue weighted by atomic mass is 16.5. The number of carbonyl (C=O) groups excluding carboxylic acids is 2. The maximum absolute atomic E-state index is 12.7. The normalized spacial score (nSPS) is 12.6. The summed E-state index contributed by atoms with van der Waals surface area (Å²) in [7, 11) is 1.66. The summed E-state index contributed by atoms with van der Waals surface area (Å²) in [5, 5.41) is 4.13. The lowest BCUT2D eigenvalue weighted by Crippen LogP contribution is -2.27. The molecule has 0 radical (unpaired) electrons. The Morgan fingerprint density at radius 3 is 2.60 bits per heavy atom. The second-order valence-electron chi connectivity index (χ2n) is 8.80. The van der Waals surface area contributed by atoms with E-state index < -0.39 is 0 Å². The van der Waals surface area contributed by atoms with Gasteiger partial charge in [0.25, 0.3) is 5.91 Å². The number of nitrogens with zero attached hydrogens (tertiary/aromatic N) is 1. The second kappa shape index (κ2) is 9.66. The average Bonchev–Trinajstić information content (AvgIpc) is 3.51. The summed E-state index contributed by atoms with van der Waals surface area (Å²) in [6.07, 6.45) is 4.10. The van der Waals surface area contributed by atoms with E-state index in [4.69, 9.17) is 4.74 Å². The summed E-state index contributed by atoms with van der Waals surface area (Å²) >= 11 is 0. The Balaban J connectivity index is 1.22. The number of aromatic amines is 1. The van der Waals surface area contributed by atoms with Gasteiger partial charge in [0, 0.05) is 47.9 Å². The molecule has 6 nitrogen and oxygen atoms in total. The smallest absolute Gasteiger partial charge is 0.251 e. The molecule has 2 amide bonds. The van der Waals surface area contributed by atoms with Crippen LogP contribution >= 0.6 is 0 Å². The number of anilines is 1. The van der Waals surface area contributed by atoms with Crippen molar-refractivity contribution in [2.45, 2.75) is 26.2 Å². The summed E-state index contributed by atoms with van der Waals surface area (Å²) in [6.45, 7) is 3.19. The zero-order chi connectivity index (χ0) is 24.4. The van der Waals surface area contributed by atoms with Crippen molar-refractivity contribution in [3.8, 4) is 16.9 Å². The van der Waals surface area contributed by atoms with Gasteiger partial charge in [-0.15, -0.1) is 0 Å². The Morgan fingerprint density at radius 2 is 1.83 bits per heavy atom. The molecule has 178 valence electrons. The van der Waals surface area contributed by atoms with Crippen LogP contribution < -0.4 is 15.0 Å². The van der Waals surface area contributed by atoms with E-state index in [1.807, 2.05) is 72.6 Å². The molecule has 0 atom stereocenters. The fourth-order valence-electron chi connectivity index (χ4n) is 4.75.